The maximum atomic E-state index is 11.3. The number of aliphatic hydroxyl groups is 1. The Bertz CT molecular complexity index is 548. The van der Waals surface area contributed by atoms with E-state index in [2.05, 4.69) is 5.32 Å². The topological polar surface area (TPSA) is 69.6 Å². The number of carbonyl (C=O) groups is 1. The molecule has 1 atom stereocenters. The number of hydrogen-bond donors (Lipinski definition) is 3. The Morgan fingerprint density at radius 2 is 1.89 bits per heavy atom. The van der Waals surface area contributed by atoms with E-state index in [1.54, 1.807) is 6.07 Å². The summed E-state index contributed by atoms with van der Waals surface area (Å²) in [5, 5.41) is 22.8. The quantitative estimate of drug-likeness (QED) is 0.747. The Morgan fingerprint density at radius 3 is 2.61 bits per heavy atom. The molecule has 2 rings (SSSR count). The van der Waals surface area contributed by atoms with Crippen LogP contribution in [0.2, 0.25) is 0 Å². The monoisotopic (exact) mass is 245 g/mol. The van der Waals surface area contributed by atoms with Crippen LogP contribution in [0.5, 0.6) is 0 Å². The molecular formula is C14H15NO3. The van der Waals surface area contributed by atoms with Gasteiger partial charge in [0.05, 0.1) is 6.61 Å². The first kappa shape index (κ1) is 12.5. The van der Waals surface area contributed by atoms with Crippen molar-refractivity contribution >= 4 is 16.7 Å². The van der Waals surface area contributed by atoms with E-state index in [9.17, 15) is 9.90 Å². The summed E-state index contributed by atoms with van der Waals surface area (Å²) in [7, 11) is 0. The van der Waals surface area contributed by atoms with Crippen molar-refractivity contribution in [3.05, 3.63) is 48.0 Å². The van der Waals surface area contributed by atoms with Crippen LogP contribution in [-0.2, 0) is 4.79 Å². The van der Waals surface area contributed by atoms with Gasteiger partial charge in [-0.15, -0.1) is 0 Å². The number of aliphatic carboxylic acids is 1. The van der Waals surface area contributed by atoms with Crippen LogP contribution in [0.25, 0.3) is 10.8 Å². The van der Waals surface area contributed by atoms with Crippen LogP contribution in [0.4, 0.5) is 0 Å². The fourth-order valence-corrected chi connectivity index (χ4v) is 2.04. The fourth-order valence-electron chi connectivity index (χ4n) is 2.04. The number of rotatable bonds is 5. The van der Waals surface area contributed by atoms with Crippen molar-refractivity contribution < 1.29 is 15.0 Å². The van der Waals surface area contributed by atoms with E-state index in [4.69, 9.17) is 5.11 Å². The lowest BCUT2D eigenvalue weighted by atomic mass is 9.99. The van der Waals surface area contributed by atoms with Gasteiger partial charge in [0.15, 0.2) is 0 Å². The van der Waals surface area contributed by atoms with E-state index in [0.29, 0.717) is 5.56 Å². The van der Waals surface area contributed by atoms with E-state index < -0.39 is 12.0 Å². The van der Waals surface area contributed by atoms with Gasteiger partial charge in [-0.1, -0.05) is 42.5 Å². The first-order valence-corrected chi connectivity index (χ1v) is 5.78. The van der Waals surface area contributed by atoms with Crippen molar-refractivity contribution in [3.8, 4) is 0 Å². The third-order valence-corrected chi connectivity index (χ3v) is 2.84. The molecular weight excluding hydrogens is 230 g/mol. The summed E-state index contributed by atoms with van der Waals surface area (Å²) < 4.78 is 0. The minimum Gasteiger partial charge on any atom is -0.480 e. The molecule has 2 aromatic carbocycles. The van der Waals surface area contributed by atoms with Gasteiger partial charge in [-0.2, -0.15) is 0 Å². The lowest BCUT2D eigenvalue weighted by Gasteiger charge is -2.16. The molecule has 0 aromatic heterocycles. The molecule has 94 valence electrons. The molecule has 0 saturated heterocycles. The number of benzene rings is 2. The summed E-state index contributed by atoms with van der Waals surface area (Å²) in [6, 6.07) is 12.4. The molecule has 0 aliphatic rings. The van der Waals surface area contributed by atoms with Gasteiger partial charge >= 0.3 is 5.97 Å². The Hall–Kier alpha value is -1.91. The number of carboxylic acids is 1. The lowest BCUT2D eigenvalue weighted by Crippen LogP contribution is -2.30. The zero-order valence-corrected chi connectivity index (χ0v) is 9.84. The van der Waals surface area contributed by atoms with Crippen molar-refractivity contribution in [2.75, 3.05) is 13.2 Å². The van der Waals surface area contributed by atoms with Crippen LogP contribution < -0.4 is 5.32 Å². The molecule has 0 heterocycles. The summed E-state index contributed by atoms with van der Waals surface area (Å²) in [6.07, 6.45) is 0. The largest absolute Gasteiger partial charge is 0.480 e. The third-order valence-electron chi connectivity index (χ3n) is 2.84. The van der Waals surface area contributed by atoms with E-state index in [0.717, 1.165) is 10.8 Å². The first-order chi connectivity index (χ1) is 8.74. The average Bonchev–Trinajstić information content (AvgIpc) is 2.39. The number of carboxylic acid groups (broad SMARTS) is 1. The van der Waals surface area contributed by atoms with Gasteiger partial charge in [-0.05, 0) is 16.3 Å². The zero-order valence-electron chi connectivity index (χ0n) is 9.84. The van der Waals surface area contributed by atoms with Gasteiger partial charge in [0.1, 0.15) is 6.04 Å². The molecule has 0 amide bonds. The molecule has 0 aliphatic carbocycles. The number of fused-ring (bicyclic) bond motifs is 1. The van der Waals surface area contributed by atoms with Gasteiger partial charge in [0, 0.05) is 6.54 Å². The SMILES string of the molecule is O=C(O)C(NCCO)c1cccc2ccccc12. The summed E-state index contributed by atoms with van der Waals surface area (Å²) in [6.45, 7) is 0.161. The average molecular weight is 245 g/mol. The second-order valence-corrected chi connectivity index (χ2v) is 4.02. The van der Waals surface area contributed by atoms with Crippen LogP contribution in [0, 0.1) is 0 Å². The molecule has 4 heteroatoms. The molecule has 0 spiro atoms. The Labute approximate surface area is 105 Å². The van der Waals surface area contributed by atoms with Crippen molar-refractivity contribution in [2.45, 2.75) is 6.04 Å². The van der Waals surface area contributed by atoms with Crippen LogP contribution in [0.15, 0.2) is 42.5 Å². The Balaban J connectivity index is 2.46. The molecule has 0 bridgehead atoms. The minimum atomic E-state index is -0.945. The molecule has 1 unspecified atom stereocenters. The molecule has 0 fully saturated rings. The lowest BCUT2D eigenvalue weighted by molar-refractivity contribution is -0.139. The van der Waals surface area contributed by atoms with Gasteiger partial charge in [-0.3, -0.25) is 10.1 Å². The standard InChI is InChI=1S/C14H15NO3/c16-9-8-15-13(14(17)18)12-7-3-5-10-4-1-2-6-11(10)12/h1-7,13,15-16H,8-9H2,(H,17,18). The fraction of sp³-hybridized carbons (Fsp3) is 0.214. The van der Waals surface area contributed by atoms with Crippen molar-refractivity contribution in [3.63, 3.8) is 0 Å². The van der Waals surface area contributed by atoms with Crippen LogP contribution in [0.1, 0.15) is 11.6 Å². The van der Waals surface area contributed by atoms with Crippen LogP contribution in [0.3, 0.4) is 0 Å². The molecule has 2 aromatic rings. The van der Waals surface area contributed by atoms with Gasteiger partial charge in [0.2, 0.25) is 0 Å². The summed E-state index contributed by atoms with van der Waals surface area (Å²) in [5.41, 5.74) is 0.717. The summed E-state index contributed by atoms with van der Waals surface area (Å²) in [5.74, 6) is -0.945. The number of nitrogens with one attached hydrogen (secondary N) is 1. The molecule has 18 heavy (non-hydrogen) atoms. The maximum absolute atomic E-state index is 11.3. The third kappa shape index (κ3) is 2.50. The maximum Gasteiger partial charge on any atom is 0.325 e. The normalized spacial score (nSPS) is 12.5. The predicted molar refractivity (Wildman–Crippen MR) is 69.4 cm³/mol. The number of hydrogen-bond acceptors (Lipinski definition) is 3. The second-order valence-electron chi connectivity index (χ2n) is 4.02. The van der Waals surface area contributed by atoms with E-state index in [1.807, 2.05) is 36.4 Å². The smallest absolute Gasteiger partial charge is 0.325 e. The van der Waals surface area contributed by atoms with E-state index in [1.165, 1.54) is 0 Å². The van der Waals surface area contributed by atoms with Crippen LogP contribution >= 0.6 is 0 Å². The molecule has 0 radical (unpaired) electrons. The minimum absolute atomic E-state index is 0.0887. The first-order valence-electron chi connectivity index (χ1n) is 5.78. The van der Waals surface area contributed by atoms with E-state index in [-0.39, 0.29) is 13.2 Å². The van der Waals surface area contributed by atoms with Crippen molar-refractivity contribution in [2.24, 2.45) is 0 Å². The Kier molecular flexibility index (Phi) is 3.92. The second kappa shape index (κ2) is 5.62. The molecule has 4 nitrogen and oxygen atoms in total. The molecule has 0 saturated carbocycles. The predicted octanol–water partition coefficient (Wildman–Crippen LogP) is 1.55. The summed E-state index contributed by atoms with van der Waals surface area (Å²) >= 11 is 0. The molecule has 3 N–H and O–H groups in total. The van der Waals surface area contributed by atoms with E-state index >= 15 is 0 Å². The van der Waals surface area contributed by atoms with Crippen molar-refractivity contribution in [1.82, 2.24) is 5.32 Å². The van der Waals surface area contributed by atoms with Gasteiger partial charge in [0.25, 0.3) is 0 Å². The zero-order chi connectivity index (χ0) is 13.0. The summed E-state index contributed by atoms with van der Waals surface area (Å²) in [4.78, 5) is 11.3. The highest BCUT2D eigenvalue weighted by Crippen LogP contribution is 2.24. The van der Waals surface area contributed by atoms with Crippen molar-refractivity contribution in [1.29, 1.82) is 0 Å². The highest BCUT2D eigenvalue weighted by atomic mass is 16.4. The highest BCUT2D eigenvalue weighted by molar-refractivity contribution is 5.90. The van der Waals surface area contributed by atoms with Gasteiger partial charge < -0.3 is 10.2 Å². The number of aliphatic hydroxyl groups excluding tert-OH is 1. The molecule has 0 aliphatic heterocycles. The van der Waals surface area contributed by atoms with Gasteiger partial charge in [-0.25, -0.2) is 0 Å². The Morgan fingerprint density at radius 1 is 1.17 bits per heavy atom. The van der Waals surface area contributed by atoms with Crippen LogP contribution in [-0.4, -0.2) is 29.3 Å². The highest BCUT2D eigenvalue weighted by Gasteiger charge is 2.20.